The maximum Gasteiger partial charge on any atom is 0.0603 e. The summed E-state index contributed by atoms with van der Waals surface area (Å²) in [5.74, 6) is 0. The van der Waals surface area contributed by atoms with E-state index in [0.29, 0.717) is 6.04 Å². The largest absolute Gasteiger partial charge is 0.376 e. The molecule has 2 aromatic heterocycles. The van der Waals surface area contributed by atoms with Gasteiger partial charge in [0.25, 0.3) is 0 Å². The molecule has 2 nitrogen and oxygen atoms in total. The lowest BCUT2D eigenvalue weighted by Crippen LogP contribution is -2.07. The summed E-state index contributed by atoms with van der Waals surface area (Å²) in [5.41, 5.74) is 3.51. The molecule has 2 aromatic rings. The van der Waals surface area contributed by atoms with Crippen LogP contribution in [0.4, 0.5) is 5.69 Å². The number of hydrogen-bond donors (Lipinski definition) is 1. The average molecular weight is 232 g/mol. The molecule has 0 radical (unpaired) electrons. The molecule has 0 aromatic carbocycles. The lowest BCUT2D eigenvalue weighted by atomic mass is 10.2. The van der Waals surface area contributed by atoms with Crippen LogP contribution in [0.15, 0.2) is 29.8 Å². The zero-order valence-corrected chi connectivity index (χ0v) is 10.6. The molecule has 16 heavy (non-hydrogen) atoms. The molecule has 0 saturated carbocycles. The van der Waals surface area contributed by atoms with Gasteiger partial charge < -0.3 is 5.32 Å². The predicted octanol–water partition coefficient (Wildman–Crippen LogP) is 3.93. The number of nitrogens with one attached hydrogen (secondary N) is 1. The summed E-state index contributed by atoms with van der Waals surface area (Å²) < 4.78 is 0. The van der Waals surface area contributed by atoms with Gasteiger partial charge in [-0.2, -0.15) is 0 Å². The molecule has 84 valence electrons. The van der Waals surface area contributed by atoms with Gasteiger partial charge in [-0.25, -0.2) is 0 Å². The van der Waals surface area contributed by atoms with Gasteiger partial charge in [0.2, 0.25) is 0 Å². The zero-order chi connectivity index (χ0) is 11.5. The molecule has 0 aliphatic carbocycles. The second-order valence-corrected chi connectivity index (χ2v) is 4.92. The van der Waals surface area contributed by atoms with Crippen LogP contribution in [-0.2, 0) is 0 Å². The molecule has 1 atom stereocenters. The van der Waals surface area contributed by atoms with Crippen molar-refractivity contribution >= 4 is 17.0 Å². The maximum atomic E-state index is 4.28. The summed E-state index contributed by atoms with van der Waals surface area (Å²) in [5, 5.41) is 5.64. The van der Waals surface area contributed by atoms with Crippen LogP contribution in [-0.4, -0.2) is 4.98 Å². The highest BCUT2D eigenvalue weighted by atomic mass is 32.1. The minimum atomic E-state index is 0.336. The first-order valence-electron chi connectivity index (χ1n) is 5.40. The van der Waals surface area contributed by atoms with E-state index < -0.39 is 0 Å². The van der Waals surface area contributed by atoms with Gasteiger partial charge in [-0.3, -0.25) is 4.98 Å². The van der Waals surface area contributed by atoms with Gasteiger partial charge in [-0.1, -0.05) is 0 Å². The van der Waals surface area contributed by atoms with Crippen LogP contribution in [0, 0.1) is 13.8 Å². The van der Waals surface area contributed by atoms with Crippen molar-refractivity contribution in [1.29, 1.82) is 0 Å². The first-order valence-corrected chi connectivity index (χ1v) is 6.28. The lowest BCUT2D eigenvalue weighted by Gasteiger charge is -2.16. The monoisotopic (exact) mass is 232 g/mol. The molecule has 0 spiro atoms. The summed E-state index contributed by atoms with van der Waals surface area (Å²) in [6.45, 7) is 6.36. The van der Waals surface area contributed by atoms with E-state index in [-0.39, 0.29) is 0 Å². The number of thiophene rings is 1. The van der Waals surface area contributed by atoms with Crippen LogP contribution in [0.1, 0.15) is 29.1 Å². The second-order valence-electron chi connectivity index (χ2n) is 3.97. The SMILES string of the molecule is Cc1ccsc1C(C)Nc1cccnc1C. The van der Waals surface area contributed by atoms with E-state index in [1.807, 2.05) is 19.2 Å². The van der Waals surface area contributed by atoms with Crippen LogP contribution in [0.3, 0.4) is 0 Å². The predicted molar refractivity (Wildman–Crippen MR) is 70.1 cm³/mol. The van der Waals surface area contributed by atoms with Crippen molar-refractivity contribution in [3.05, 3.63) is 45.9 Å². The van der Waals surface area contributed by atoms with Crippen molar-refractivity contribution in [1.82, 2.24) is 4.98 Å². The van der Waals surface area contributed by atoms with Crippen molar-refractivity contribution in [2.45, 2.75) is 26.8 Å². The zero-order valence-electron chi connectivity index (χ0n) is 9.82. The van der Waals surface area contributed by atoms with Gasteiger partial charge in [-0.05, 0) is 49.9 Å². The van der Waals surface area contributed by atoms with Crippen molar-refractivity contribution in [2.75, 3.05) is 5.32 Å². The molecule has 2 heterocycles. The standard InChI is InChI=1S/C13H16N2S/c1-9-6-8-16-13(9)11(3)15-12-5-4-7-14-10(12)2/h4-8,11,15H,1-3H3. The highest BCUT2D eigenvalue weighted by Gasteiger charge is 2.10. The number of nitrogens with zero attached hydrogens (tertiary/aromatic N) is 1. The van der Waals surface area contributed by atoms with Crippen LogP contribution >= 0.6 is 11.3 Å². The Hall–Kier alpha value is -1.35. The number of hydrogen-bond acceptors (Lipinski definition) is 3. The minimum Gasteiger partial charge on any atom is -0.376 e. The molecule has 1 unspecified atom stereocenters. The van der Waals surface area contributed by atoms with Gasteiger partial charge in [0.15, 0.2) is 0 Å². The number of anilines is 1. The molecule has 0 saturated heterocycles. The van der Waals surface area contributed by atoms with Gasteiger partial charge in [-0.15, -0.1) is 11.3 Å². The van der Waals surface area contributed by atoms with E-state index in [1.54, 1.807) is 11.3 Å². The third-order valence-corrected chi connectivity index (χ3v) is 3.88. The van der Waals surface area contributed by atoms with E-state index in [1.165, 1.54) is 10.4 Å². The third-order valence-electron chi connectivity index (χ3n) is 2.67. The van der Waals surface area contributed by atoms with Crippen LogP contribution in [0.2, 0.25) is 0 Å². The summed E-state index contributed by atoms with van der Waals surface area (Å²) in [6, 6.07) is 6.53. The quantitative estimate of drug-likeness (QED) is 0.867. The van der Waals surface area contributed by atoms with E-state index in [0.717, 1.165) is 11.4 Å². The Morgan fingerprint density at radius 1 is 1.31 bits per heavy atom. The highest BCUT2D eigenvalue weighted by Crippen LogP contribution is 2.27. The molecule has 0 fully saturated rings. The number of aromatic nitrogens is 1. The van der Waals surface area contributed by atoms with Gasteiger partial charge in [0, 0.05) is 11.1 Å². The first kappa shape index (κ1) is 11.1. The van der Waals surface area contributed by atoms with Gasteiger partial charge in [0.1, 0.15) is 0 Å². The maximum absolute atomic E-state index is 4.28. The Kier molecular flexibility index (Phi) is 3.25. The first-order chi connectivity index (χ1) is 7.68. The molecule has 2 rings (SSSR count). The Bertz CT molecular complexity index is 476. The fourth-order valence-corrected chi connectivity index (χ4v) is 2.70. The van der Waals surface area contributed by atoms with Crippen molar-refractivity contribution in [2.24, 2.45) is 0 Å². The fraction of sp³-hybridized carbons (Fsp3) is 0.308. The smallest absolute Gasteiger partial charge is 0.0603 e. The Labute approximate surface area is 100 Å². The molecule has 0 aliphatic heterocycles. The average Bonchev–Trinajstić information content (AvgIpc) is 2.68. The Morgan fingerprint density at radius 3 is 2.75 bits per heavy atom. The summed E-state index contributed by atoms with van der Waals surface area (Å²) in [4.78, 5) is 5.67. The normalized spacial score (nSPS) is 12.4. The van der Waals surface area contributed by atoms with Crippen molar-refractivity contribution < 1.29 is 0 Å². The molecular formula is C13H16N2S. The molecule has 1 N–H and O–H groups in total. The second kappa shape index (κ2) is 4.66. The van der Waals surface area contributed by atoms with E-state index in [2.05, 4.69) is 41.7 Å². The summed E-state index contributed by atoms with van der Waals surface area (Å²) in [6.07, 6.45) is 1.82. The summed E-state index contributed by atoms with van der Waals surface area (Å²) in [7, 11) is 0. The van der Waals surface area contributed by atoms with E-state index >= 15 is 0 Å². The van der Waals surface area contributed by atoms with Crippen molar-refractivity contribution in [3.8, 4) is 0 Å². The third kappa shape index (κ3) is 2.25. The van der Waals surface area contributed by atoms with Gasteiger partial charge >= 0.3 is 0 Å². The van der Waals surface area contributed by atoms with Gasteiger partial charge in [0.05, 0.1) is 17.4 Å². The minimum absolute atomic E-state index is 0.336. The fourth-order valence-electron chi connectivity index (χ4n) is 1.76. The van der Waals surface area contributed by atoms with Crippen LogP contribution in [0.25, 0.3) is 0 Å². The van der Waals surface area contributed by atoms with E-state index in [4.69, 9.17) is 0 Å². The molecule has 0 aliphatic rings. The number of aryl methyl sites for hydroxylation is 2. The molecule has 0 amide bonds. The number of rotatable bonds is 3. The molecular weight excluding hydrogens is 216 g/mol. The Balaban J connectivity index is 2.17. The molecule has 3 heteroatoms. The highest BCUT2D eigenvalue weighted by molar-refractivity contribution is 7.10. The lowest BCUT2D eigenvalue weighted by molar-refractivity contribution is 0.893. The van der Waals surface area contributed by atoms with E-state index in [9.17, 15) is 0 Å². The molecule has 0 bridgehead atoms. The topological polar surface area (TPSA) is 24.9 Å². The van der Waals surface area contributed by atoms with Crippen molar-refractivity contribution in [3.63, 3.8) is 0 Å². The Morgan fingerprint density at radius 2 is 2.12 bits per heavy atom. The van der Waals surface area contributed by atoms with Crippen LogP contribution in [0.5, 0.6) is 0 Å². The summed E-state index contributed by atoms with van der Waals surface area (Å²) >= 11 is 1.80. The number of pyridine rings is 1. The van der Waals surface area contributed by atoms with Crippen LogP contribution < -0.4 is 5.32 Å².